The summed E-state index contributed by atoms with van der Waals surface area (Å²) in [6, 6.07) is 0.146. The number of aliphatic carboxylic acids is 1. The lowest BCUT2D eigenvalue weighted by molar-refractivity contribution is -0.150. The van der Waals surface area contributed by atoms with Gasteiger partial charge in [-0.3, -0.25) is 14.5 Å². The van der Waals surface area contributed by atoms with Crippen LogP contribution in [0.1, 0.15) is 33.6 Å². The molecule has 1 saturated heterocycles. The third kappa shape index (κ3) is 4.47. The van der Waals surface area contributed by atoms with Crippen LogP contribution in [0, 0.1) is 0 Å². The summed E-state index contributed by atoms with van der Waals surface area (Å²) in [4.78, 5) is 24.8. The monoisotopic (exact) mass is 272 g/mol. The van der Waals surface area contributed by atoms with E-state index in [4.69, 9.17) is 4.74 Å². The van der Waals surface area contributed by atoms with E-state index in [1.54, 1.807) is 18.7 Å². The molecule has 6 nitrogen and oxygen atoms in total. The van der Waals surface area contributed by atoms with Crippen molar-refractivity contribution >= 4 is 11.9 Å². The quantitative estimate of drug-likeness (QED) is 0.734. The molecule has 2 N–H and O–H groups in total. The molecule has 0 spiro atoms. The van der Waals surface area contributed by atoms with E-state index in [9.17, 15) is 14.7 Å². The maximum absolute atomic E-state index is 12.0. The second kappa shape index (κ2) is 6.86. The first kappa shape index (κ1) is 15.9. The SMILES string of the molecule is CCN(CC(=O)NC1CCOCC1)C(C)(C)C(=O)O. The molecule has 1 aliphatic heterocycles. The molecule has 0 aromatic rings. The zero-order chi connectivity index (χ0) is 14.5. The number of carboxylic acid groups (broad SMARTS) is 1. The Bertz CT molecular complexity index is 325. The van der Waals surface area contributed by atoms with Crippen LogP contribution in [0.5, 0.6) is 0 Å². The molecule has 1 fully saturated rings. The molecule has 0 atom stereocenters. The zero-order valence-corrected chi connectivity index (χ0v) is 11.9. The van der Waals surface area contributed by atoms with Crippen LogP contribution >= 0.6 is 0 Å². The maximum atomic E-state index is 12.0. The molecule has 0 aliphatic carbocycles. The van der Waals surface area contributed by atoms with Gasteiger partial charge >= 0.3 is 5.97 Å². The Morgan fingerprint density at radius 1 is 1.37 bits per heavy atom. The Labute approximate surface area is 114 Å². The summed E-state index contributed by atoms with van der Waals surface area (Å²) in [5, 5.41) is 12.1. The second-order valence-corrected chi connectivity index (χ2v) is 5.33. The van der Waals surface area contributed by atoms with Crippen molar-refractivity contribution in [1.82, 2.24) is 10.2 Å². The van der Waals surface area contributed by atoms with E-state index in [-0.39, 0.29) is 18.5 Å². The molecule has 19 heavy (non-hydrogen) atoms. The van der Waals surface area contributed by atoms with Crippen LogP contribution in [-0.4, -0.2) is 59.8 Å². The highest BCUT2D eigenvalue weighted by Gasteiger charge is 2.34. The summed E-state index contributed by atoms with van der Waals surface area (Å²) in [7, 11) is 0. The van der Waals surface area contributed by atoms with Crippen LogP contribution in [0.25, 0.3) is 0 Å². The van der Waals surface area contributed by atoms with Crippen molar-refractivity contribution in [3.05, 3.63) is 0 Å². The van der Waals surface area contributed by atoms with Crippen molar-refractivity contribution in [1.29, 1.82) is 0 Å². The summed E-state index contributed by atoms with van der Waals surface area (Å²) in [6.07, 6.45) is 1.64. The predicted octanol–water partition coefficient (Wildman–Crippen LogP) is 0.467. The topological polar surface area (TPSA) is 78.9 Å². The third-order valence-corrected chi connectivity index (χ3v) is 3.62. The van der Waals surface area contributed by atoms with Crippen LogP contribution in [0.3, 0.4) is 0 Å². The van der Waals surface area contributed by atoms with E-state index in [0.717, 1.165) is 12.8 Å². The van der Waals surface area contributed by atoms with Crippen molar-refractivity contribution in [2.24, 2.45) is 0 Å². The average Bonchev–Trinajstić information content (AvgIpc) is 2.36. The van der Waals surface area contributed by atoms with Crippen molar-refractivity contribution in [2.45, 2.75) is 45.2 Å². The number of hydrogen-bond acceptors (Lipinski definition) is 4. The number of nitrogens with one attached hydrogen (secondary N) is 1. The number of rotatable bonds is 6. The Balaban J connectivity index is 2.50. The summed E-state index contributed by atoms with van der Waals surface area (Å²) >= 11 is 0. The molecule has 6 heteroatoms. The number of likely N-dealkylation sites (N-methyl/N-ethyl adjacent to an activating group) is 1. The molecule has 0 saturated carbocycles. The summed E-state index contributed by atoms with van der Waals surface area (Å²) in [5.74, 6) is -1.05. The minimum Gasteiger partial charge on any atom is -0.480 e. The second-order valence-electron chi connectivity index (χ2n) is 5.33. The number of carbonyl (C=O) groups excluding carboxylic acids is 1. The fourth-order valence-electron chi connectivity index (χ4n) is 2.13. The lowest BCUT2D eigenvalue weighted by Crippen LogP contribution is -2.54. The van der Waals surface area contributed by atoms with E-state index >= 15 is 0 Å². The van der Waals surface area contributed by atoms with Crippen molar-refractivity contribution in [3.63, 3.8) is 0 Å². The first-order valence-electron chi connectivity index (χ1n) is 6.73. The molecule has 1 aliphatic rings. The van der Waals surface area contributed by atoms with Gasteiger partial charge in [-0.1, -0.05) is 6.92 Å². The fourth-order valence-corrected chi connectivity index (χ4v) is 2.13. The molecule has 110 valence electrons. The smallest absolute Gasteiger partial charge is 0.323 e. The lowest BCUT2D eigenvalue weighted by atomic mass is 10.0. The van der Waals surface area contributed by atoms with Gasteiger partial charge in [0.2, 0.25) is 5.91 Å². The largest absolute Gasteiger partial charge is 0.480 e. The molecule has 0 bridgehead atoms. The minimum atomic E-state index is -1.04. The first-order valence-corrected chi connectivity index (χ1v) is 6.73. The fraction of sp³-hybridized carbons (Fsp3) is 0.846. The van der Waals surface area contributed by atoms with E-state index in [1.807, 2.05) is 6.92 Å². The average molecular weight is 272 g/mol. The van der Waals surface area contributed by atoms with Crippen LogP contribution in [-0.2, 0) is 14.3 Å². The molecular formula is C13H24N2O4. The van der Waals surface area contributed by atoms with E-state index in [1.165, 1.54) is 0 Å². The van der Waals surface area contributed by atoms with E-state index in [2.05, 4.69) is 5.32 Å². The van der Waals surface area contributed by atoms with Crippen molar-refractivity contribution in [2.75, 3.05) is 26.3 Å². The van der Waals surface area contributed by atoms with Gasteiger partial charge in [-0.25, -0.2) is 0 Å². The number of carbonyl (C=O) groups is 2. The van der Waals surface area contributed by atoms with Crippen molar-refractivity contribution < 1.29 is 19.4 Å². The number of amides is 1. The molecule has 0 aromatic carbocycles. The lowest BCUT2D eigenvalue weighted by Gasteiger charge is -2.34. The van der Waals surface area contributed by atoms with Gasteiger partial charge in [0.15, 0.2) is 0 Å². The Kier molecular flexibility index (Phi) is 5.75. The highest BCUT2D eigenvalue weighted by molar-refractivity contribution is 5.81. The van der Waals surface area contributed by atoms with Gasteiger partial charge in [0.1, 0.15) is 5.54 Å². The van der Waals surface area contributed by atoms with Crippen LogP contribution in [0.4, 0.5) is 0 Å². The van der Waals surface area contributed by atoms with Gasteiger partial charge in [-0.2, -0.15) is 0 Å². The molecule has 0 unspecified atom stereocenters. The zero-order valence-electron chi connectivity index (χ0n) is 11.9. The van der Waals surface area contributed by atoms with Gasteiger partial charge in [-0.15, -0.1) is 0 Å². The number of hydrogen-bond donors (Lipinski definition) is 2. The minimum absolute atomic E-state index is 0.104. The van der Waals surface area contributed by atoms with Crippen molar-refractivity contribution in [3.8, 4) is 0 Å². The highest BCUT2D eigenvalue weighted by Crippen LogP contribution is 2.14. The number of carboxylic acids is 1. The third-order valence-electron chi connectivity index (χ3n) is 3.62. The van der Waals surface area contributed by atoms with Gasteiger partial charge in [0, 0.05) is 19.3 Å². The predicted molar refractivity (Wildman–Crippen MR) is 70.9 cm³/mol. The molecule has 0 aromatic heterocycles. The van der Waals surface area contributed by atoms with E-state index < -0.39 is 11.5 Å². The molecule has 0 radical (unpaired) electrons. The van der Waals surface area contributed by atoms with Crippen LogP contribution in [0.2, 0.25) is 0 Å². The summed E-state index contributed by atoms with van der Waals surface area (Å²) in [6.45, 7) is 7.04. The maximum Gasteiger partial charge on any atom is 0.323 e. The standard InChI is InChI=1S/C13H24N2O4/c1-4-15(13(2,3)12(17)18)9-11(16)14-10-5-7-19-8-6-10/h10H,4-9H2,1-3H3,(H,14,16)(H,17,18). The molecular weight excluding hydrogens is 248 g/mol. The van der Waals surface area contributed by atoms with Crippen LogP contribution in [0.15, 0.2) is 0 Å². The van der Waals surface area contributed by atoms with Gasteiger partial charge < -0.3 is 15.2 Å². The molecule has 1 heterocycles. The number of ether oxygens (including phenoxy) is 1. The summed E-state index contributed by atoms with van der Waals surface area (Å²) < 4.78 is 5.23. The summed E-state index contributed by atoms with van der Waals surface area (Å²) in [5.41, 5.74) is -1.04. The number of nitrogens with zero attached hydrogens (tertiary/aromatic N) is 1. The Morgan fingerprint density at radius 2 is 1.95 bits per heavy atom. The molecule has 1 amide bonds. The highest BCUT2D eigenvalue weighted by atomic mass is 16.5. The Morgan fingerprint density at radius 3 is 2.42 bits per heavy atom. The Hall–Kier alpha value is -1.14. The molecule has 1 rings (SSSR count). The normalized spacial score (nSPS) is 17.5. The van der Waals surface area contributed by atoms with Gasteiger partial charge in [0.25, 0.3) is 0 Å². The van der Waals surface area contributed by atoms with Gasteiger partial charge in [-0.05, 0) is 33.2 Å². The van der Waals surface area contributed by atoms with E-state index in [0.29, 0.717) is 19.8 Å². The first-order chi connectivity index (χ1) is 8.87. The van der Waals surface area contributed by atoms with Gasteiger partial charge in [0.05, 0.1) is 6.54 Å². The van der Waals surface area contributed by atoms with Crippen LogP contribution < -0.4 is 5.32 Å².